The number of nitrogens with zero attached hydrogens (tertiary/aromatic N) is 4. The molecule has 12 heteroatoms. The molecule has 4 amide bonds. The zero-order chi connectivity index (χ0) is 25.7. The third-order valence-electron chi connectivity index (χ3n) is 5.51. The van der Waals surface area contributed by atoms with Crippen LogP contribution in [0, 0.1) is 0 Å². The third-order valence-corrected chi connectivity index (χ3v) is 5.51. The summed E-state index contributed by atoms with van der Waals surface area (Å²) < 4.78 is 41.4. The van der Waals surface area contributed by atoms with Gasteiger partial charge in [-0.05, 0) is 24.3 Å². The van der Waals surface area contributed by atoms with Crippen molar-refractivity contribution in [1.29, 1.82) is 0 Å². The SMILES string of the molecule is O=C(NCCNC(=O)N1CCN(c2ccccc2)C(=O)C1)c1cn(-c2ccccc2)nc1C(F)(F)F. The Morgan fingerprint density at radius 3 is 2.11 bits per heavy atom. The predicted octanol–water partition coefficient (Wildman–Crippen LogP) is 2.68. The van der Waals surface area contributed by atoms with Crippen molar-refractivity contribution in [1.82, 2.24) is 25.3 Å². The number of anilines is 1. The van der Waals surface area contributed by atoms with Gasteiger partial charge in [0, 0.05) is 38.1 Å². The Hall–Kier alpha value is -4.35. The molecule has 1 saturated heterocycles. The van der Waals surface area contributed by atoms with Gasteiger partial charge in [0.2, 0.25) is 5.91 Å². The highest BCUT2D eigenvalue weighted by atomic mass is 19.4. The smallest absolute Gasteiger partial charge is 0.350 e. The molecule has 1 aliphatic heterocycles. The highest BCUT2D eigenvalue weighted by molar-refractivity contribution is 5.98. The molecule has 4 rings (SSSR count). The Balaban J connectivity index is 1.29. The first kappa shape index (κ1) is 24.8. The summed E-state index contributed by atoms with van der Waals surface area (Å²) in [6.07, 6.45) is -3.81. The Morgan fingerprint density at radius 2 is 1.50 bits per heavy atom. The molecule has 1 fully saturated rings. The summed E-state index contributed by atoms with van der Waals surface area (Å²) in [6.45, 7) is 0.383. The van der Waals surface area contributed by atoms with E-state index in [1.807, 2.05) is 30.3 Å². The summed E-state index contributed by atoms with van der Waals surface area (Å²) in [4.78, 5) is 40.3. The normalized spacial score (nSPS) is 14.0. The van der Waals surface area contributed by atoms with Gasteiger partial charge in [0.1, 0.15) is 6.54 Å². The monoisotopic (exact) mass is 500 g/mol. The number of aromatic nitrogens is 2. The van der Waals surface area contributed by atoms with Gasteiger partial charge in [-0.15, -0.1) is 0 Å². The van der Waals surface area contributed by atoms with Crippen LogP contribution in [-0.4, -0.2) is 65.2 Å². The van der Waals surface area contributed by atoms with E-state index in [1.54, 1.807) is 35.2 Å². The van der Waals surface area contributed by atoms with Crippen LogP contribution in [0.15, 0.2) is 66.9 Å². The summed E-state index contributed by atoms with van der Waals surface area (Å²) in [6, 6.07) is 16.7. The largest absolute Gasteiger partial charge is 0.435 e. The zero-order valence-electron chi connectivity index (χ0n) is 19.0. The molecule has 36 heavy (non-hydrogen) atoms. The Labute approximate surface area is 204 Å². The maximum atomic E-state index is 13.5. The van der Waals surface area contributed by atoms with E-state index in [4.69, 9.17) is 0 Å². The molecular weight excluding hydrogens is 477 g/mol. The number of carbonyl (C=O) groups is 3. The number of halogens is 3. The first-order chi connectivity index (χ1) is 17.2. The van der Waals surface area contributed by atoms with Crippen LogP contribution in [-0.2, 0) is 11.0 Å². The van der Waals surface area contributed by atoms with E-state index in [0.717, 1.165) is 16.6 Å². The van der Waals surface area contributed by atoms with Crippen LogP contribution in [0.25, 0.3) is 5.69 Å². The minimum atomic E-state index is -4.82. The lowest BCUT2D eigenvalue weighted by Gasteiger charge is -2.34. The number of hydrogen-bond donors (Lipinski definition) is 2. The summed E-state index contributed by atoms with van der Waals surface area (Å²) in [5.74, 6) is -1.20. The zero-order valence-corrected chi connectivity index (χ0v) is 19.0. The lowest BCUT2D eigenvalue weighted by molar-refractivity contribution is -0.141. The molecule has 1 aliphatic rings. The average Bonchev–Trinajstić information content (AvgIpc) is 3.34. The standard InChI is InChI=1S/C24H23F3N6O3/c25-24(26,27)21-19(15-33(30-21)18-9-5-2-6-10-18)22(35)28-11-12-29-23(36)31-13-14-32(20(34)16-31)17-7-3-1-4-8-17/h1-10,15H,11-14,16H2,(H,28,35)(H,29,36). The second kappa shape index (κ2) is 10.5. The summed E-state index contributed by atoms with van der Waals surface area (Å²) in [7, 11) is 0. The molecular formula is C24H23F3N6O3. The second-order valence-electron chi connectivity index (χ2n) is 7.96. The molecule has 0 aliphatic carbocycles. The molecule has 2 N–H and O–H groups in total. The van der Waals surface area contributed by atoms with Crippen molar-refractivity contribution in [2.24, 2.45) is 0 Å². The van der Waals surface area contributed by atoms with Crippen LogP contribution < -0.4 is 15.5 Å². The molecule has 9 nitrogen and oxygen atoms in total. The molecule has 188 valence electrons. The second-order valence-corrected chi connectivity index (χ2v) is 7.96. The first-order valence-electron chi connectivity index (χ1n) is 11.1. The number of hydrogen-bond acceptors (Lipinski definition) is 4. The van der Waals surface area contributed by atoms with E-state index in [1.165, 1.54) is 4.90 Å². The minimum absolute atomic E-state index is 0.0359. The average molecular weight is 500 g/mol. The molecule has 3 aromatic rings. The van der Waals surface area contributed by atoms with E-state index in [-0.39, 0.29) is 25.5 Å². The fraction of sp³-hybridized carbons (Fsp3) is 0.250. The number of piperazine rings is 1. The van der Waals surface area contributed by atoms with Gasteiger partial charge in [-0.25, -0.2) is 9.48 Å². The maximum absolute atomic E-state index is 13.5. The number of para-hydroxylation sites is 2. The molecule has 0 radical (unpaired) electrons. The number of carbonyl (C=O) groups excluding carboxylic acids is 3. The molecule has 0 saturated carbocycles. The van der Waals surface area contributed by atoms with E-state index in [9.17, 15) is 27.6 Å². The van der Waals surface area contributed by atoms with Crippen molar-refractivity contribution >= 4 is 23.5 Å². The Kier molecular flexibility index (Phi) is 7.23. The maximum Gasteiger partial charge on any atom is 0.435 e. The number of nitrogens with one attached hydrogen (secondary N) is 2. The number of alkyl halides is 3. The fourth-order valence-electron chi connectivity index (χ4n) is 3.74. The van der Waals surface area contributed by atoms with Crippen LogP contribution in [0.3, 0.4) is 0 Å². The van der Waals surface area contributed by atoms with Gasteiger partial charge in [-0.2, -0.15) is 18.3 Å². The number of benzene rings is 2. The van der Waals surface area contributed by atoms with Crippen molar-refractivity contribution in [3.05, 3.63) is 78.1 Å². The Morgan fingerprint density at radius 1 is 0.889 bits per heavy atom. The van der Waals surface area contributed by atoms with Gasteiger partial charge in [-0.3, -0.25) is 9.59 Å². The van der Waals surface area contributed by atoms with Crippen molar-refractivity contribution in [3.63, 3.8) is 0 Å². The summed E-state index contributed by atoms with van der Waals surface area (Å²) in [5, 5.41) is 8.48. The van der Waals surface area contributed by atoms with Gasteiger partial charge in [0.25, 0.3) is 5.91 Å². The third kappa shape index (κ3) is 5.65. The lowest BCUT2D eigenvalue weighted by Crippen LogP contribution is -2.55. The van der Waals surface area contributed by atoms with Gasteiger partial charge in [-0.1, -0.05) is 36.4 Å². The topological polar surface area (TPSA) is 99.6 Å². The predicted molar refractivity (Wildman–Crippen MR) is 125 cm³/mol. The molecule has 1 aromatic heterocycles. The number of rotatable bonds is 6. The van der Waals surface area contributed by atoms with Gasteiger partial charge in [0.05, 0.1) is 11.3 Å². The summed E-state index contributed by atoms with van der Waals surface area (Å²) in [5.41, 5.74) is -0.807. The first-order valence-corrected chi connectivity index (χ1v) is 11.1. The minimum Gasteiger partial charge on any atom is -0.350 e. The van der Waals surface area contributed by atoms with E-state index in [0.29, 0.717) is 18.8 Å². The molecule has 2 aromatic carbocycles. The van der Waals surface area contributed by atoms with E-state index >= 15 is 0 Å². The van der Waals surface area contributed by atoms with E-state index in [2.05, 4.69) is 15.7 Å². The van der Waals surface area contributed by atoms with Crippen molar-refractivity contribution in [2.45, 2.75) is 6.18 Å². The van der Waals surface area contributed by atoms with Crippen molar-refractivity contribution in [3.8, 4) is 5.69 Å². The molecule has 2 heterocycles. The lowest BCUT2D eigenvalue weighted by atomic mass is 10.2. The summed E-state index contributed by atoms with van der Waals surface area (Å²) >= 11 is 0. The molecule has 0 bridgehead atoms. The van der Waals surface area contributed by atoms with Gasteiger partial charge in [0.15, 0.2) is 5.69 Å². The van der Waals surface area contributed by atoms with Gasteiger partial charge >= 0.3 is 12.2 Å². The van der Waals surface area contributed by atoms with Crippen LogP contribution in [0.1, 0.15) is 16.1 Å². The van der Waals surface area contributed by atoms with Crippen molar-refractivity contribution < 1.29 is 27.6 Å². The fourth-order valence-corrected chi connectivity index (χ4v) is 3.74. The van der Waals surface area contributed by atoms with Crippen LogP contribution in [0.4, 0.5) is 23.7 Å². The van der Waals surface area contributed by atoms with Gasteiger partial charge < -0.3 is 20.4 Å². The highest BCUT2D eigenvalue weighted by Crippen LogP contribution is 2.31. The van der Waals surface area contributed by atoms with Crippen LogP contribution in [0.5, 0.6) is 0 Å². The Bertz CT molecular complexity index is 1230. The number of urea groups is 1. The number of amides is 4. The van der Waals surface area contributed by atoms with E-state index < -0.39 is 29.4 Å². The highest BCUT2D eigenvalue weighted by Gasteiger charge is 2.39. The molecule has 0 spiro atoms. The van der Waals surface area contributed by atoms with Crippen molar-refractivity contribution in [2.75, 3.05) is 37.6 Å². The molecule has 0 unspecified atom stereocenters. The van der Waals surface area contributed by atoms with Crippen LogP contribution in [0.2, 0.25) is 0 Å². The van der Waals surface area contributed by atoms with Crippen LogP contribution >= 0.6 is 0 Å². The molecule has 0 atom stereocenters. The quantitative estimate of drug-likeness (QED) is 0.509.